The van der Waals surface area contributed by atoms with Crippen LogP contribution in [0.5, 0.6) is 23.0 Å². The van der Waals surface area contributed by atoms with Crippen molar-refractivity contribution in [3.8, 4) is 23.0 Å². The van der Waals surface area contributed by atoms with Gasteiger partial charge in [-0.15, -0.1) is 0 Å². The molecule has 0 amide bonds. The number of allylic oxidation sites excluding steroid dienone is 1. The molecule has 0 saturated carbocycles. The summed E-state index contributed by atoms with van der Waals surface area (Å²) in [6, 6.07) is 8.69. The van der Waals surface area contributed by atoms with E-state index in [1.807, 2.05) is 6.07 Å². The summed E-state index contributed by atoms with van der Waals surface area (Å²) in [4.78, 5) is 24.7. The Morgan fingerprint density at radius 2 is 1.90 bits per heavy atom. The number of carbonyl (C=O) groups is 2. The maximum Gasteiger partial charge on any atom is 0.344 e. The van der Waals surface area contributed by atoms with Crippen molar-refractivity contribution in [3.63, 3.8) is 0 Å². The summed E-state index contributed by atoms with van der Waals surface area (Å²) in [5.74, 6) is 1.69. The molecule has 0 saturated heterocycles. The normalized spacial score (nSPS) is 15.7. The van der Waals surface area contributed by atoms with Crippen molar-refractivity contribution in [2.75, 3.05) is 13.4 Å². The molecule has 7 nitrogen and oxygen atoms in total. The fourth-order valence-electron chi connectivity index (χ4n) is 3.19. The van der Waals surface area contributed by atoms with Gasteiger partial charge in [0.15, 0.2) is 23.9 Å². The number of fused-ring (bicyclic) bond motifs is 2. The molecule has 0 fully saturated rings. The van der Waals surface area contributed by atoms with Gasteiger partial charge in [0, 0.05) is 5.56 Å². The summed E-state index contributed by atoms with van der Waals surface area (Å²) >= 11 is 0. The standard InChI is InChI=1S/C23H22O7/c1-13-16(26-11-20(24)30-23(2,3)4)8-6-15-21(25)19(29-22(13)15)10-14-5-7-17-18(9-14)28-12-27-17/h5-10H,11-12H2,1-4H3/b19-10-. The average Bonchev–Trinajstić information content (AvgIpc) is 3.25. The van der Waals surface area contributed by atoms with Crippen molar-refractivity contribution < 1.29 is 33.3 Å². The summed E-state index contributed by atoms with van der Waals surface area (Å²) in [5, 5.41) is 0. The second-order valence-electron chi connectivity index (χ2n) is 7.99. The van der Waals surface area contributed by atoms with Crippen molar-refractivity contribution >= 4 is 17.8 Å². The first-order valence-corrected chi connectivity index (χ1v) is 9.53. The van der Waals surface area contributed by atoms with E-state index in [0.717, 1.165) is 5.56 Å². The Kier molecular flexibility index (Phi) is 4.89. The first kappa shape index (κ1) is 19.8. The van der Waals surface area contributed by atoms with Gasteiger partial charge in [0.2, 0.25) is 12.6 Å². The maximum atomic E-state index is 12.8. The van der Waals surface area contributed by atoms with Crippen LogP contribution in [0.2, 0.25) is 0 Å². The zero-order valence-electron chi connectivity index (χ0n) is 17.2. The molecule has 0 N–H and O–H groups in total. The van der Waals surface area contributed by atoms with Crippen LogP contribution in [-0.2, 0) is 9.53 Å². The Bertz CT molecular complexity index is 1060. The number of ether oxygens (including phenoxy) is 5. The zero-order valence-corrected chi connectivity index (χ0v) is 17.2. The Morgan fingerprint density at radius 1 is 1.13 bits per heavy atom. The van der Waals surface area contributed by atoms with Crippen molar-refractivity contribution in [1.82, 2.24) is 0 Å². The van der Waals surface area contributed by atoms with Crippen LogP contribution in [0.1, 0.15) is 42.3 Å². The van der Waals surface area contributed by atoms with Gasteiger partial charge in [-0.1, -0.05) is 6.07 Å². The molecule has 2 aliphatic heterocycles. The number of carbonyl (C=O) groups excluding carboxylic acids is 2. The summed E-state index contributed by atoms with van der Waals surface area (Å²) in [5.41, 5.74) is 1.26. The van der Waals surface area contributed by atoms with E-state index in [2.05, 4.69) is 0 Å². The summed E-state index contributed by atoms with van der Waals surface area (Å²) < 4.78 is 27.4. The maximum absolute atomic E-state index is 12.8. The molecule has 2 aromatic rings. The number of ketones is 1. The lowest BCUT2D eigenvalue weighted by molar-refractivity contribution is -0.157. The lowest BCUT2D eigenvalue weighted by Crippen LogP contribution is -2.27. The van der Waals surface area contributed by atoms with Crippen LogP contribution in [0.15, 0.2) is 36.1 Å². The van der Waals surface area contributed by atoms with Gasteiger partial charge in [0.1, 0.15) is 17.1 Å². The number of hydrogen-bond donors (Lipinski definition) is 0. The van der Waals surface area contributed by atoms with Gasteiger partial charge < -0.3 is 23.7 Å². The molecule has 4 rings (SSSR count). The largest absolute Gasteiger partial charge is 0.481 e. The Hall–Kier alpha value is -3.48. The minimum absolute atomic E-state index is 0.182. The van der Waals surface area contributed by atoms with Crippen LogP contribution in [0, 0.1) is 6.92 Å². The van der Waals surface area contributed by atoms with Crippen LogP contribution >= 0.6 is 0 Å². The topological polar surface area (TPSA) is 80.3 Å². The van der Waals surface area contributed by atoms with E-state index in [0.29, 0.717) is 34.1 Å². The third-order valence-electron chi connectivity index (χ3n) is 4.50. The van der Waals surface area contributed by atoms with Gasteiger partial charge in [0.05, 0.1) is 5.56 Å². The van der Waals surface area contributed by atoms with Gasteiger partial charge in [-0.05, 0) is 63.6 Å². The van der Waals surface area contributed by atoms with Crippen LogP contribution in [0.25, 0.3) is 6.08 Å². The molecule has 0 spiro atoms. The van der Waals surface area contributed by atoms with E-state index in [1.54, 1.807) is 58.0 Å². The molecule has 2 aromatic carbocycles. The van der Waals surface area contributed by atoms with Crippen LogP contribution in [-0.4, -0.2) is 30.8 Å². The highest BCUT2D eigenvalue weighted by Crippen LogP contribution is 2.40. The minimum atomic E-state index is -0.586. The number of Topliss-reactive ketones (excluding diaryl/α,β-unsaturated/α-hetero) is 1. The number of hydrogen-bond acceptors (Lipinski definition) is 7. The first-order chi connectivity index (χ1) is 14.2. The molecular weight excluding hydrogens is 388 g/mol. The average molecular weight is 410 g/mol. The lowest BCUT2D eigenvalue weighted by Gasteiger charge is -2.19. The molecule has 0 aromatic heterocycles. The lowest BCUT2D eigenvalue weighted by atomic mass is 10.1. The van der Waals surface area contributed by atoms with Crippen molar-refractivity contribution in [3.05, 3.63) is 52.8 Å². The smallest absolute Gasteiger partial charge is 0.344 e. The molecule has 7 heteroatoms. The number of esters is 1. The molecule has 2 heterocycles. The number of benzene rings is 2. The molecule has 2 aliphatic rings. The van der Waals surface area contributed by atoms with Crippen molar-refractivity contribution in [1.29, 1.82) is 0 Å². The van der Waals surface area contributed by atoms with Gasteiger partial charge in [0.25, 0.3) is 0 Å². The fraction of sp³-hybridized carbons (Fsp3) is 0.304. The molecule has 0 bridgehead atoms. The summed E-state index contributed by atoms with van der Waals surface area (Å²) in [6.07, 6.45) is 1.66. The molecule has 0 aliphatic carbocycles. The monoisotopic (exact) mass is 410 g/mol. The van der Waals surface area contributed by atoms with Crippen molar-refractivity contribution in [2.45, 2.75) is 33.3 Å². The van der Waals surface area contributed by atoms with Crippen molar-refractivity contribution in [2.24, 2.45) is 0 Å². The molecular formula is C23H22O7. The molecule has 0 radical (unpaired) electrons. The van der Waals surface area contributed by atoms with Gasteiger partial charge in [-0.2, -0.15) is 0 Å². The van der Waals surface area contributed by atoms with E-state index in [4.69, 9.17) is 23.7 Å². The first-order valence-electron chi connectivity index (χ1n) is 9.53. The third-order valence-corrected chi connectivity index (χ3v) is 4.50. The quantitative estimate of drug-likeness (QED) is 0.555. The predicted octanol–water partition coefficient (Wildman–Crippen LogP) is 4.06. The van der Waals surface area contributed by atoms with Gasteiger partial charge >= 0.3 is 5.97 Å². The summed E-state index contributed by atoms with van der Waals surface area (Å²) in [7, 11) is 0. The minimum Gasteiger partial charge on any atom is -0.481 e. The molecule has 0 atom stereocenters. The van der Waals surface area contributed by atoms with Gasteiger partial charge in [-0.3, -0.25) is 4.79 Å². The summed E-state index contributed by atoms with van der Waals surface area (Å²) in [6.45, 7) is 7.10. The van der Waals surface area contributed by atoms with E-state index in [9.17, 15) is 9.59 Å². The van der Waals surface area contributed by atoms with E-state index in [-0.39, 0.29) is 24.9 Å². The van der Waals surface area contributed by atoms with Crippen LogP contribution < -0.4 is 18.9 Å². The predicted molar refractivity (Wildman–Crippen MR) is 108 cm³/mol. The highest BCUT2D eigenvalue weighted by molar-refractivity contribution is 6.15. The highest BCUT2D eigenvalue weighted by Gasteiger charge is 2.30. The van der Waals surface area contributed by atoms with E-state index in [1.165, 1.54) is 0 Å². The highest BCUT2D eigenvalue weighted by atomic mass is 16.7. The SMILES string of the molecule is Cc1c(OCC(=O)OC(C)(C)C)ccc2c1O/C(=C\c1ccc3c(c1)OCO3)C2=O. The van der Waals surface area contributed by atoms with E-state index >= 15 is 0 Å². The second kappa shape index (κ2) is 7.40. The Balaban J connectivity index is 1.52. The van der Waals surface area contributed by atoms with Gasteiger partial charge in [-0.25, -0.2) is 4.79 Å². The zero-order chi connectivity index (χ0) is 21.5. The van der Waals surface area contributed by atoms with Crippen LogP contribution in [0.3, 0.4) is 0 Å². The molecule has 0 unspecified atom stereocenters. The Morgan fingerprint density at radius 3 is 2.67 bits per heavy atom. The van der Waals surface area contributed by atoms with E-state index < -0.39 is 11.6 Å². The number of rotatable bonds is 4. The fourth-order valence-corrected chi connectivity index (χ4v) is 3.19. The Labute approximate surface area is 174 Å². The third kappa shape index (κ3) is 3.96. The molecule has 156 valence electrons. The second-order valence-corrected chi connectivity index (χ2v) is 7.99. The molecule has 30 heavy (non-hydrogen) atoms. The van der Waals surface area contributed by atoms with Crippen LogP contribution in [0.4, 0.5) is 0 Å².